The molecule has 0 heterocycles. The largest absolute Gasteiger partial charge is 0.328 e. The van der Waals surface area contributed by atoms with Crippen LogP contribution in [0.1, 0.15) is 47.5 Å². The van der Waals surface area contributed by atoms with Crippen LogP contribution in [0.15, 0.2) is 0 Å². The molecule has 1 atom stereocenters. The van der Waals surface area contributed by atoms with Gasteiger partial charge in [-0.25, -0.2) is 0 Å². The number of hydrogen-bond acceptors (Lipinski definition) is 3. The first kappa shape index (κ1) is 18.9. The second-order valence-corrected chi connectivity index (χ2v) is 7.81. The fourth-order valence-electron chi connectivity index (χ4n) is 2.39. The summed E-state index contributed by atoms with van der Waals surface area (Å²) >= 11 is 0. The van der Waals surface area contributed by atoms with E-state index >= 15 is 0 Å². The molecule has 0 saturated heterocycles. The zero-order chi connectivity index (χ0) is 15.1. The highest BCUT2D eigenvalue weighted by molar-refractivity contribution is 4.73. The third-order valence-electron chi connectivity index (χ3n) is 3.18. The standard InChI is InChI=1S/C16H37N3/c1-14(2)13-19(11-10-18(6)7)9-8-15(17)12-16(3,4)5/h14-15H,8-13,17H2,1-7H3. The van der Waals surface area contributed by atoms with Crippen molar-refractivity contribution in [3.05, 3.63) is 0 Å². The van der Waals surface area contributed by atoms with Crippen molar-refractivity contribution in [1.29, 1.82) is 0 Å². The van der Waals surface area contributed by atoms with Gasteiger partial charge in [0.2, 0.25) is 0 Å². The van der Waals surface area contributed by atoms with Gasteiger partial charge in [0.15, 0.2) is 0 Å². The second kappa shape index (κ2) is 8.93. The summed E-state index contributed by atoms with van der Waals surface area (Å²) < 4.78 is 0. The minimum atomic E-state index is 0.328. The summed E-state index contributed by atoms with van der Waals surface area (Å²) in [5, 5.41) is 0. The fraction of sp³-hybridized carbons (Fsp3) is 1.00. The van der Waals surface area contributed by atoms with Crippen LogP contribution in [0.3, 0.4) is 0 Å². The van der Waals surface area contributed by atoms with Crippen molar-refractivity contribution in [1.82, 2.24) is 9.80 Å². The molecule has 0 fully saturated rings. The zero-order valence-corrected chi connectivity index (χ0v) is 14.4. The highest BCUT2D eigenvalue weighted by Crippen LogP contribution is 2.21. The number of nitrogens with zero attached hydrogens (tertiary/aromatic N) is 2. The molecule has 0 aliphatic rings. The van der Waals surface area contributed by atoms with Gasteiger partial charge in [-0.2, -0.15) is 0 Å². The Balaban J connectivity index is 4.09. The molecule has 2 N–H and O–H groups in total. The zero-order valence-electron chi connectivity index (χ0n) is 14.4. The van der Waals surface area contributed by atoms with E-state index in [1.54, 1.807) is 0 Å². The molecule has 0 aromatic carbocycles. The number of rotatable bonds is 9. The van der Waals surface area contributed by atoms with Crippen molar-refractivity contribution in [2.45, 2.75) is 53.5 Å². The fourth-order valence-corrected chi connectivity index (χ4v) is 2.39. The van der Waals surface area contributed by atoms with Crippen LogP contribution in [0.5, 0.6) is 0 Å². The molecule has 0 saturated carbocycles. The van der Waals surface area contributed by atoms with Crippen LogP contribution in [0.25, 0.3) is 0 Å². The van der Waals surface area contributed by atoms with Gasteiger partial charge in [0.1, 0.15) is 0 Å². The molecule has 0 bridgehead atoms. The SMILES string of the molecule is CC(C)CN(CCC(N)CC(C)(C)C)CCN(C)C. The van der Waals surface area contributed by atoms with Gasteiger partial charge >= 0.3 is 0 Å². The highest BCUT2D eigenvalue weighted by Gasteiger charge is 2.17. The van der Waals surface area contributed by atoms with E-state index in [0.29, 0.717) is 11.5 Å². The molecular weight excluding hydrogens is 234 g/mol. The van der Waals surface area contributed by atoms with Crippen molar-refractivity contribution in [2.24, 2.45) is 17.1 Å². The number of likely N-dealkylation sites (N-methyl/N-ethyl adjacent to an activating group) is 1. The Hall–Kier alpha value is -0.120. The summed E-state index contributed by atoms with van der Waals surface area (Å²) in [4.78, 5) is 4.82. The summed E-state index contributed by atoms with van der Waals surface area (Å²) in [7, 11) is 4.28. The van der Waals surface area contributed by atoms with Crippen molar-refractivity contribution >= 4 is 0 Å². The van der Waals surface area contributed by atoms with Gasteiger partial charge < -0.3 is 15.5 Å². The predicted octanol–water partition coefficient (Wildman–Crippen LogP) is 2.66. The lowest BCUT2D eigenvalue weighted by Gasteiger charge is -2.28. The summed E-state index contributed by atoms with van der Waals surface area (Å²) in [6.45, 7) is 16.0. The molecular formula is C16H37N3. The van der Waals surface area contributed by atoms with Crippen molar-refractivity contribution in [3.63, 3.8) is 0 Å². The van der Waals surface area contributed by atoms with E-state index in [4.69, 9.17) is 5.73 Å². The molecule has 0 rings (SSSR count). The third-order valence-corrected chi connectivity index (χ3v) is 3.18. The molecule has 0 aliphatic carbocycles. The van der Waals surface area contributed by atoms with Crippen LogP contribution in [0.2, 0.25) is 0 Å². The molecule has 3 nitrogen and oxygen atoms in total. The Kier molecular flexibility index (Phi) is 8.88. The molecule has 0 aromatic heterocycles. The minimum absolute atomic E-state index is 0.328. The van der Waals surface area contributed by atoms with E-state index < -0.39 is 0 Å². The van der Waals surface area contributed by atoms with E-state index in [0.717, 1.165) is 38.4 Å². The van der Waals surface area contributed by atoms with Gasteiger partial charge in [0.05, 0.1) is 0 Å². The molecule has 19 heavy (non-hydrogen) atoms. The van der Waals surface area contributed by atoms with E-state index in [9.17, 15) is 0 Å². The van der Waals surface area contributed by atoms with Crippen LogP contribution in [0, 0.1) is 11.3 Å². The van der Waals surface area contributed by atoms with E-state index in [1.807, 2.05) is 0 Å². The molecule has 116 valence electrons. The van der Waals surface area contributed by atoms with E-state index in [2.05, 4.69) is 58.5 Å². The van der Waals surface area contributed by atoms with Gasteiger partial charge in [-0.15, -0.1) is 0 Å². The third kappa shape index (κ3) is 12.6. The first-order chi connectivity index (χ1) is 8.60. The van der Waals surface area contributed by atoms with Gasteiger partial charge in [0, 0.05) is 25.7 Å². The maximum Gasteiger partial charge on any atom is 0.0109 e. The average Bonchev–Trinajstić information content (AvgIpc) is 2.18. The van der Waals surface area contributed by atoms with Crippen LogP contribution < -0.4 is 5.73 Å². The Bertz CT molecular complexity index is 219. The lowest BCUT2D eigenvalue weighted by Crippen LogP contribution is -2.38. The lowest BCUT2D eigenvalue weighted by atomic mass is 9.87. The molecule has 0 radical (unpaired) electrons. The Labute approximate surface area is 121 Å². The lowest BCUT2D eigenvalue weighted by molar-refractivity contribution is 0.205. The monoisotopic (exact) mass is 271 g/mol. The quantitative estimate of drug-likeness (QED) is 0.700. The summed E-state index contributed by atoms with van der Waals surface area (Å²) in [5.74, 6) is 0.723. The Morgan fingerprint density at radius 2 is 1.58 bits per heavy atom. The van der Waals surface area contributed by atoms with Gasteiger partial charge in [-0.1, -0.05) is 34.6 Å². The summed E-state index contributed by atoms with van der Waals surface area (Å²) in [6, 6.07) is 0.328. The van der Waals surface area contributed by atoms with Crippen molar-refractivity contribution < 1.29 is 0 Å². The summed E-state index contributed by atoms with van der Waals surface area (Å²) in [5.41, 5.74) is 6.60. The summed E-state index contributed by atoms with van der Waals surface area (Å²) in [6.07, 6.45) is 2.22. The molecule has 0 spiro atoms. The predicted molar refractivity (Wildman–Crippen MR) is 86.5 cm³/mol. The van der Waals surface area contributed by atoms with Crippen LogP contribution in [0.4, 0.5) is 0 Å². The Morgan fingerprint density at radius 3 is 2.00 bits per heavy atom. The minimum Gasteiger partial charge on any atom is -0.328 e. The molecule has 3 heteroatoms. The maximum absolute atomic E-state index is 6.26. The van der Waals surface area contributed by atoms with Gasteiger partial charge in [0.25, 0.3) is 0 Å². The molecule has 0 amide bonds. The smallest absolute Gasteiger partial charge is 0.0109 e. The first-order valence-corrected chi connectivity index (χ1v) is 7.73. The average molecular weight is 271 g/mol. The topological polar surface area (TPSA) is 32.5 Å². The van der Waals surface area contributed by atoms with Crippen LogP contribution in [-0.4, -0.2) is 56.1 Å². The van der Waals surface area contributed by atoms with Crippen molar-refractivity contribution in [2.75, 3.05) is 40.3 Å². The maximum atomic E-state index is 6.26. The van der Waals surface area contributed by atoms with E-state index in [1.165, 1.54) is 6.54 Å². The van der Waals surface area contributed by atoms with Crippen LogP contribution in [-0.2, 0) is 0 Å². The van der Waals surface area contributed by atoms with Crippen molar-refractivity contribution in [3.8, 4) is 0 Å². The molecule has 0 aromatic rings. The van der Waals surface area contributed by atoms with Gasteiger partial charge in [-0.05, 0) is 44.8 Å². The van der Waals surface area contributed by atoms with Gasteiger partial charge in [-0.3, -0.25) is 0 Å². The Morgan fingerprint density at radius 1 is 1.00 bits per heavy atom. The molecule has 1 unspecified atom stereocenters. The first-order valence-electron chi connectivity index (χ1n) is 7.73. The van der Waals surface area contributed by atoms with Crippen LogP contribution >= 0.6 is 0 Å². The second-order valence-electron chi connectivity index (χ2n) is 7.81. The number of nitrogens with two attached hydrogens (primary N) is 1. The highest BCUT2D eigenvalue weighted by atomic mass is 15.2. The molecule has 0 aliphatic heterocycles. The van der Waals surface area contributed by atoms with E-state index in [-0.39, 0.29) is 0 Å². The number of hydrogen-bond donors (Lipinski definition) is 1. The normalized spacial score (nSPS) is 14.7.